The van der Waals surface area contributed by atoms with Crippen LogP contribution in [0.5, 0.6) is 0 Å². The Bertz CT molecular complexity index is 1480. The molecule has 204 valence electrons. The SMILES string of the molecule is N#CC1C[C@@H]2C[C@@H]2N1C(=N)CNCCC1(c2ncn[nH]2)c2ccc(C(N)=O)cc2CCc2cc(C(N)=O)ccc21. The molecule has 0 bridgehead atoms. The third kappa shape index (κ3) is 4.21. The van der Waals surface area contributed by atoms with Crippen LogP contribution in [0, 0.1) is 22.7 Å². The van der Waals surface area contributed by atoms with Crippen molar-refractivity contribution in [2.75, 3.05) is 13.1 Å². The van der Waals surface area contributed by atoms with E-state index in [-0.39, 0.29) is 6.04 Å². The van der Waals surface area contributed by atoms with E-state index in [1.54, 1.807) is 12.1 Å². The first kappa shape index (κ1) is 25.7. The van der Waals surface area contributed by atoms with Crippen molar-refractivity contribution >= 4 is 17.6 Å². The van der Waals surface area contributed by atoms with Crippen molar-refractivity contribution in [1.82, 2.24) is 25.4 Å². The summed E-state index contributed by atoms with van der Waals surface area (Å²) in [6, 6.07) is 13.5. The van der Waals surface area contributed by atoms with Crippen LogP contribution < -0.4 is 16.8 Å². The minimum Gasteiger partial charge on any atom is -0.366 e. The Hall–Kier alpha value is -4.56. The lowest BCUT2D eigenvalue weighted by Gasteiger charge is -2.35. The van der Waals surface area contributed by atoms with Gasteiger partial charge < -0.3 is 21.7 Å². The van der Waals surface area contributed by atoms with Crippen LogP contribution in [0.3, 0.4) is 0 Å². The number of hydrogen-bond donors (Lipinski definition) is 5. The summed E-state index contributed by atoms with van der Waals surface area (Å²) in [5.41, 5.74) is 15.2. The largest absolute Gasteiger partial charge is 0.366 e. The van der Waals surface area contributed by atoms with E-state index in [1.807, 2.05) is 29.2 Å². The third-order valence-electron chi connectivity index (χ3n) is 8.72. The van der Waals surface area contributed by atoms with Crippen molar-refractivity contribution in [3.63, 3.8) is 0 Å². The molecule has 6 rings (SSSR count). The summed E-state index contributed by atoms with van der Waals surface area (Å²) in [4.78, 5) is 30.7. The third-order valence-corrected chi connectivity index (χ3v) is 8.72. The van der Waals surface area contributed by atoms with Crippen molar-refractivity contribution in [3.8, 4) is 6.07 Å². The predicted octanol–water partition coefficient (Wildman–Crippen LogP) is 1.38. The van der Waals surface area contributed by atoms with Gasteiger partial charge in [-0.1, -0.05) is 12.1 Å². The van der Waals surface area contributed by atoms with Gasteiger partial charge in [-0.25, -0.2) is 4.98 Å². The zero-order chi connectivity index (χ0) is 28.0. The number of rotatable bonds is 8. The number of H-pyrrole nitrogens is 1. The highest BCUT2D eigenvalue weighted by atomic mass is 16.1. The second kappa shape index (κ2) is 9.88. The minimum atomic E-state index is -0.788. The number of hydrogen-bond acceptors (Lipinski definition) is 7. The number of fused-ring (bicyclic) bond motifs is 3. The molecule has 1 saturated carbocycles. The maximum atomic E-state index is 12.0. The van der Waals surface area contributed by atoms with E-state index in [9.17, 15) is 14.9 Å². The highest BCUT2D eigenvalue weighted by molar-refractivity contribution is 5.94. The van der Waals surface area contributed by atoms with Gasteiger partial charge in [0.1, 0.15) is 24.0 Å². The summed E-state index contributed by atoms with van der Waals surface area (Å²) in [5.74, 6) is 0.610. The van der Waals surface area contributed by atoms with Gasteiger partial charge in [-0.2, -0.15) is 10.4 Å². The molecule has 2 aromatic carbocycles. The molecule has 1 aromatic heterocycles. The van der Waals surface area contributed by atoms with Gasteiger partial charge in [0, 0.05) is 17.2 Å². The van der Waals surface area contributed by atoms with E-state index in [1.165, 1.54) is 6.33 Å². The first-order valence-electron chi connectivity index (χ1n) is 13.5. The van der Waals surface area contributed by atoms with E-state index >= 15 is 0 Å². The van der Waals surface area contributed by atoms with E-state index in [0.29, 0.717) is 67.1 Å². The van der Waals surface area contributed by atoms with Gasteiger partial charge in [0.15, 0.2) is 0 Å². The Morgan fingerprint density at radius 2 is 1.75 bits per heavy atom. The summed E-state index contributed by atoms with van der Waals surface area (Å²) >= 11 is 0. The van der Waals surface area contributed by atoms with Crippen LogP contribution in [0.1, 0.15) is 68.1 Å². The molecule has 1 saturated heterocycles. The molecule has 11 heteroatoms. The quantitative estimate of drug-likeness (QED) is 0.163. The number of likely N-dealkylation sites (tertiary alicyclic amines) is 1. The molecule has 2 fully saturated rings. The second-order valence-electron chi connectivity index (χ2n) is 10.9. The van der Waals surface area contributed by atoms with Crippen molar-refractivity contribution in [3.05, 3.63) is 81.9 Å². The highest BCUT2D eigenvalue weighted by Crippen LogP contribution is 2.48. The number of aromatic nitrogens is 3. The molecule has 7 N–H and O–H groups in total. The number of amidine groups is 1. The van der Waals surface area contributed by atoms with Crippen LogP contribution in [0.15, 0.2) is 42.7 Å². The molecule has 2 heterocycles. The minimum absolute atomic E-state index is 0.224. The maximum Gasteiger partial charge on any atom is 0.248 e. The molecule has 0 spiro atoms. The average molecular weight is 538 g/mol. The number of nitrogens with two attached hydrogens (primary N) is 2. The van der Waals surface area contributed by atoms with Gasteiger partial charge in [0.2, 0.25) is 11.8 Å². The number of carbonyl (C=O) groups is 2. The Labute approximate surface area is 231 Å². The van der Waals surface area contributed by atoms with Crippen LogP contribution in [0.25, 0.3) is 0 Å². The fraction of sp³-hybridized carbons (Fsp3) is 0.379. The normalized spacial score (nSPS) is 21.9. The van der Waals surface area contributed by atoms with Gasteiger partial charge in [-0.05, 0) is 91.1 Å². The van der Waals surface area contributed by atoms with Crippen LogP contribution in [0.2, 0.25) is 0 Å². The van der Waals surface area contributed by atoms with Crippen molar-refractivity contribution < 1.29 is 9.59 Å². The smallest absolute Gasteiger partial charge is 0.248 e. The number of carbonyl (C=O) groups excluding carboxylic acids is 2. The van der Waals surface area contributed by atoms with Crippen LogP contribution in [-0.4, -0.2) is 62.9 Å². The lowest BCUT2D eigenvalue weighted by Crippen LogP contribution is -2.43. The number of piperidine rings is 1. The number of amides is 2. The number of nitriles is 1. The number of aromatic amines is 1. The van der Waals surface area contributed by atoms with Gasteiger partial charge >= 0.3 is 0 Å². The predicted molar refractivity (Wildman–Crippen MR) is 147 cm³/mol. The molecule has 3 atom stereocenters. The van der Waals surface area contributed by atoms with Crippen LogP contribution >= 0.6 is 0 Å². The van der Waals surface area contributed by atoms with Crippen molar-refractivity contribution in [2.45, 2.75) is 49.6 Å². The Balaban J connectivity index is 1.37. The second-order valence-corrected chi connectivity index (χ2v) is 10.9. The van der Waals surface area contributed by atoms with E-state index < -0.39 is 17.2 Å². The molecule has 3 aliphatic rings. The number of benzene rings is 2. The molecule has 1 aliphatic heterocycles. The van der Waals surface area contributed by atoms with Gasteiger partial charge in [-0.15, -0.1) is 0 Å². The van der Waals surface area contributed by atoms with Crippen molar-refractivity contribution in [1.29, 1.82) is 10.7 Å². The number of nitrogens with zero attached hydrogens (tertiary/aromatic N) is 4. The topological polar surface area (TPSA) is 191 Å². The molecular formula is C29H31N9O2. The fourth-order valence-electron chi connectivity index (χ4n) is 6.74. The number of primary amides is 2. The van der Waals surface area contributed by atoms with Crippen LogP contribution in [0.4, 0.5) is 0 Å². The summed E-state index contributed by atoms with van der Waals surface area (Å²) in [5, 5.41) is 28.9. The van der Waals surface area contributed by atoms with E-state index in [4.69, 9.17) is 16.9 Å². The summed E-state index contributed by atoms with van der Waals surface area (Å²) in [6.07, 6.45) is 5.19. The first-order valence-corrected chi connectivity index (χ1v) is 13.5. The number of aryl methyl sites for hydroxylation is 2. The highest BCUT2D eigenvalue weighted by Gasteiger charge is 2.53. The number of nitrogens with one attached hydrogen (secondary N) is 3. The lowest BCUT2D eigenvalue weighted by atomic mass is 9.69. The average Bonchev–Trinajstić information content (AvgIpc) is 3.34. The molecule has 40 heavy (non-hydrogen) atoms. The Morgan fingerprint density at radius 3 is 2.30 bits per heavy atom. The zero-order valence-electron chi connectivity index (χ0n) is 22.0. The fourth-order valence-corrected chi connectivity index (χ4v) is 6.74. The standard InChI is InChI=1S/C29H31N9O2/c30-13-21-11-20-12-24(20)38(21)25(31)14-34-8-7-29(28-35-15-36-37-28)22-5-3-18(26(32)39)9-16(22)1-2-17-10-19(27(33)40)4-6-23(17)29/h3-6,9-10,15,20-21,24,31,34H,1-2,7-8,11-12,14H2,(H2,32,39)(H2,33,40)(H,35,36,37)/t20-,21?,24+/m1/s1. The van der Waals surface area contributed by atoms with Gasteiger partial charge in [0.25, 0.3) is 0 Å². The molecular weight excluding hydrogens is 506 g/mol. The summed E-state index contributed by atoms with van der Waals surface area (Å²) in [6.45, 7) is 0.866. The van der Waals surface area contributed by atoms with Gasteiger partial charge in [0.05, 0.1) is 18.0 Å². The lowest BCUT2D eigenvalue weighted by molar-refractivity contribution is 0.0991. The Kier molecular flexibility index (Phi) is 6.35. The summed E-state index contributed by atoms with van der Waals surface area (Å²) < 4.78 is 0. The molecule has 1 unspecified atom stereocenters. The van der Waals surface area contributed by atoms with Crippen LogP contribution in [-0.2, 0) is 18.3 Å². The molecule has 11 nitrogen and oxygen atoms in total. The maximum absolute atomic E-state index is 12.0. The van der Waals surface area contributed by atoms with Gasteiger partial charge in [-0.3, -0.25) is 20.1 Å². The zero-order valence-corrected chi connectivity index (χ0v) is 22.0. The van der Waals surface area contributed by atoms with E-state index in [2.05, 4.69) is 26.6 Å². The molecule has 2 aliphatic carbocycles. The Morgan fingerprint density at radius 1 is 1.10 bits per heavy atom. The molecule has 2 amide bonds. The molecule has 3 aromatic rings. The first-order chi connectivity index (χ1) is 19.3. The molecule has 0 radical (unpaired) electrons. The summed E-state index contributed by atoms with van der Waals surface area (Å²) in [7, 11) is 0. The van der Waals surface area contributed by atoms with E-state index in [0.717, 1.165) is 35.1 Å². The monoisotopic (exact) mass is 537 g/mol. The van der Waals surface area contributed by atoms with Crippen molar-refractivity contribution in [2.24, 2.45) is 17.4 Å².